The van der Waals surface area contributed by atoms with Gasteiger partial charge in [0, 0.05) is 6.61 Å². The van der Waals surface area contributed by atoms with Crippen molar-refractivity contribution < 1.29 is 28.4 Å². The minimum atomic E-state index is -0.115. The minimum absolute atomic E-state index is 0.0874. The maximum absolute atomic E-state index is 5.94. The second-order valence-corrected chi connectivity index (χ2v) is 5.54. The molecule has 3 unspecified atom stereocenters. The standard InChI is InChI=1S/C14H24O6/c1-2-4-17-14(3-1)20-13(7-15-5-11-9-18-11)8-16-6-12-10-19-12/h11-14H,1-10H2. The van der Waals surface area contributed by atoms with Gasteiger partial charge in [0.2, 0.25) is 0 Å². The van der Waals surface area contributed by atoms with Gasteiger partial charge in [-0.15, -0.1) is 0 Å². The summed E-state index contributed by atoms with van der Waals surface area (Å²) in [5, 5.41) is 0. The van der Waals surface area contributed by atoms with Gasteiger partial charge in [0.25, 0.3) is 0 Å². The summed E-state index contributed by atoms with van der Waals surface area (Å²) in [5.74, 6) is 0. The minimum Gasteiger partial charge on any atom is -0.376 e. The summed E-state index contributed by atoms with van der Waals surface area (Å²) >= 11 is 0. The van der Waals surface area contributed by atoms with Crippen molar-refractivity contribution in [3.63, 3.8) is 0 Å². The van der Waals surface area contributed by atoms with Crippen LogP contribution in [-0.4, -0.2) is 70.9 Å². The Balaban J connectivity index is 1.34. The van der Waals surface area contributed by atoms with Gasteiger partial charge in [0.05, 0.1) is 39.6 Å². The molecule has 3 saturated heterocycles. The van der Waals surface area contributed by atoms with E-state index in [1.807, 2.05) is 0 Å². The van der Waals surface area contributed by atoms with Crippen molar-refractivity contribution in [2.75, 3.05) is 46.2 Å². The zero-order valence-electron chi connectivity index (χ0n) is 11.8. The number of rotatable bonds is 10. The highest BCUT2D eigenvalue weighted by atomic mass is 16.7. The molecule has 0 saturated carbocycles. The van der Waals surface area contributed by atoms with E-state index in [2.05, 4.69) is 0 Å². The Hall–Kier alpha value is -0.240. The van der Waals surface area contributed by atoms with Crippen molar-refractivity contribution >= 4 is 0 Å². The lowest BCUT2D eigenvalue weighted by atomic mass is 10.2. The molecule has 6 nitrogen and oxygen atoms in total. The molecule has 3 heterocycles. The predicted molar refractivity (Wildman–Crippen MR) is 69.6 cm³/mol. The number of epoxide rings is 2. The SMILES string of the molecule is C1CCC(OC(COCC2CO2)COCC2CO2)OC1. The zero-order chi connectivity index (χ0) is 13.6. The maximum Gasteiger partial charge on any atom is 0.158 e. The number of hydrogen-bond acceptors (Lipinski definition) is 6. The smallest absolute Gasteiger partial charge is 0.158 e. The summed E-state index contributed by atoms with van der Waals surface area (Å²) in [7, 11) is 0. The molecular weight excluding hydrogens is 264 g/mol. The summed E-state index contributed by atoms with van der Waals surface area (Å²) in [6.07, 6.45) is 3.59. The van der Waals surface area contributed by atoms with Gasteiger partial charge in [0.15, 0.2) is 6.29 Å². The van der Waals surface area contributed by atoms with Crippen molar-refractivity contribution in [1.82, 2.24) is 0 Å². The molecule has 0 aromatic rings. The highest BCUT2D eigenvalue weighted by Gasteiger charge is 2.26. The maximum atomic E-state index is 5.94. The Bertz CT molecular complexity index is 255. The lowest BCUT2D eigenvalue weighted by Gasteiger charge is -2.27. The molecule has 0 amide bonds. The first-order valence-electron chi connectivity index (χ1n) is 7.56. The Morgan fingerprint density at radius 3 is 2.05 bits per heavy atom. The quantitative estimate of drug-likeness (QED) is 0.552. The first kappa shape index (κ1) is 14.7. The van der Waals surface area contributed by atoms with E-state index in [4.69, 9.17) is 28.4 Å². The molecule has 0 radical (unpaired) electrons. The van der Waals surface area contributed by atoms with Crippen LogP contribution in [0.1, 0.15) is 19.3 Å². The second kappa shape index (κ2) is 7.68. The van der Waals surface area contributed by atoms with Crippen LogP contribution in [0.25, 0.3) is 0 Å². The van der Waals surface area contributed by atoms with Crippen molar-refractivity contribution in [3.05, 3.63) is 0 Å². The third kappa shape index (κ3) is 5.63. The van der Waals surface area contributed by atoms with E-state index >= 15 is 0 Å². The van der Waals surface area contributed by atoms with Crippen LogP contribution in [0.2, 0.25) is 0 Å². The molecular formula is C14H24O6. The molecule has 0 aliphatic carbocycles. The molecule has 3 aliphatic rings. The van der Waals surface area contributed by atoms with Gasteiger partial charge < -0.3 is 28.4 Å². The third-order valence-electron chi connectivity index (χ3n) is 3.50. The summed E-state index contributed by atoms with van der Waals surface area (Å²) in [6.45, 7) is 4.72. The fourth-order valence-electron chi connectivity index (χ4n) is 2.15. The fraction of sp³-hybridized carbons (Fsp3) is 1.00. The molecule has 3 rings (SSSR count). The van der Waals surface area contributed by atoms with Crippen molar-refractivity contribution in [2.24, 2.45) is 0 Å². The molecule has 0 bridgehead atoms. The molecule has 3 fully saturated rings. The van der Waals surface area contributed by atoms with Crippen LogP contribution in [0.3, 0.4) is 0 Å². The molecule has 6 heteroatoms. The van der Waals surface area contributed by atoms with Crippen molar-refractivity contribution in [2.45, 2.75) is 43.9 Å². The first-order chi connectivity index (χ1) is 9.90. The van der Waals surface area contributed by atoms with Crippen molar-refractivity contribution in [3.8, 4) is 0 Å². The lowest BCUT2D eigenvalue weighted by Crippen LogP contribution is -2.34. The van der Waals surface area contributed by atoms with E-state index in [0.717, 1.165) is 39.1 Å². The van der Waals surface area contributed by atoms with Gasteiger partial charge in [-0.05, 0) is 19.3 Å². The molecule has 0 aromatic carbocycles. The normalized spacial score (nSPS) is 33.9. The Kier molecular flexibility index (Phi) is 5.64. The van der Waals surface area contributed by atoms with E-state index in [-0.39, 0.29) is 24.6 Å². The summed E-state index contributed by atoms with van der Waals surface area (Å²) < 4.78 is 33.0. The van der Waals surface area contributed by atoms with E-state index in [1.165, 1.54) is 0 Å². The van der Waals surface area contributed by atoms with E-state index in [1.54, 1.807) is 0 Å². The van der Waals surface area contributed by atoms with Crippen molar-refractivity contribution in [1.29, 1.82) is 0 Å². The number of ether oxygens (including phenoxy) is 6. The number of hydrogen-bond donors (Lipinski definition) is 0. The monoisotopic (exact) mass is 288 g/mol. The average Bonchev–Trinajstić information content (AvgIpc) is 3.35. The molecule has 0 spiro atoms. The van der Waals surface area contributed by atoms with Gasteiger partial charge in [-0.1, -0.05) is 0 Å². The molecule has 116 valence electrons. The van der Waals surface area contributed by atoms with Crippen LogP contribution in [0.4, 0.5) is 0 Å². The van der Waals surface area contributed by atoms with Gasteiger partial charge in [-0.2, -0.15) is 0 Å². The molecule has 3 atom stereocenters. The predicted octanol–water partition coefficient (Wildman–Crippen LogP) is 0.729. The van der Waals surface area contributed by atoms with Gasteiger partial charge in [-0.3, -0.25) is 0 Å². The van der Waals surface area contributed by atoms with Gasteiger partial charge >= 0.3 is 0 Å². The topological polar surface area (TPSA) is 62.0 Å². The first-order valence-corrected chi connectivity index (χ1v) is 7.56. The summed E-state index contributed by atoms with van der Waals surface area (Å²) in [6, 6.07) is 0. The van der Waals surface area contributed by atoms with E-state index in [0.29, 0.717) is 26.4 Å². The highest BCUT2D eigenvalue weighted by molar-refractivity contribution is 4.70. The van der Waals surface area contributed by atoms with Crippen LogP contribution in [0, 0.1) is 0 Å². The Morgan fingerprint density at radius 1 is 0.900 bits per heavy atom. The van der Waals surface area contributed by atoms with Crippen LogP contribution < -0.4 is 0 Å². The van der Waals surface area contributed by atoms with Gasteiger partial charge in [0.1, 0.15) is 18.3 Å². The lowest BCUT2D eigenvalue weighted by molar-refractivity contribution is -0.208. The Labute approximate surface area is 119 Å². The molecule has 3 aliphatic heterocycles. The zero-order valence-corrected chi connectivity index (χ0v) is 11.8. The summed E-state index contributed by atoms with van der Waals surface area (Å²) in [5.41, 5.74) is 0. The molecule has 0 aromatic heterocycles. The van der Waals surface area contributed by atoms with Crippen LogP contribution >= 0.6 is 0 Å². The summed E-state index contributed by atoms with van der Waals surface area (Å²) in [4.78, 5) is 0. The average molecular weight is 288 g/mol. The second-order valence-electron chi connectivity index (χ2n) is 5.54. The van der Waals surface area contributed by atoms with Crippen LogP contribution in [-0.2, 0) is 28.4 Å². The fourth-order valence-corrected chi connectivity index (χ4v) is 2.15. The van der Waals surface area contributed by atoms with Crippen LogP contribution in [0.5, 0.6) is 0 Å². The largest absolute Gasteiger partial charge is 0.376 e. The Morgan fingerprint density at radius 2 is 1.55 bits per heavy atom. The van der Waals surface area contributed by atoms with Gasteiger partial charge in [-0.25, -0.2) is 0 Å². The third-order valence-corrected chi connectivity index (χ3v) is 3.50. The molecule has 0 N–H and O–H groups in total. The van der Waals surface area contributed by atoms with E-state index < -0.39 is 0 Å². The van der Waals surface area contributed by atoms with Crippen LogP contribution in [0.15, 0.2) is 0 Å². The van der Waals surface area contributed by atoms with E-state index in [9.17, 15) is 0 Å². The molecule has 20 heavy (non-hydrogen) atoms. The highest BCUT2D eigenvalue weighted by Crippen LogP contribution is 2.17.